The zero-order chi connectivity index (χ0) is 20.1. The van der Waals surface area contributed by atoms with Crippen molar-refractivity contribution in [1.82, 2.24) is 15.3 Å². The molecule has 2 aromatic heterocycles. The molecule has 2 N–H and O–H groups in total. The molecule has 3 aromatic rings. The van der Waals surface area contributed by atoms with Crippen molar-refractivity contribution in [3.8, 4) is 5.75 Å². The minimum Gasteiger partial charge on any atom is -0.406 e. The number of nitrogens with one attached hydrogen (secondary N) is 2. The van der Waals surface area contributed by atoms with Crippen molar-refractivity contribution in [2.75, 3.05) is 5.32 Å². The fourth-order valence-electron chi connectivity index (χ4n) is 2.24. The minimum absolute atomic E-state index is 0.144. The second-order valence-corrected chi connectivity index (χ2v) is 6.56. The third-order valence-corrected chi connectivity index (χ3v) is 4.23. The fraction of sp³-hybridized carbons (Fsp3) is 0.167. The van der Waals surface area contributed by atoms with Crippen molar-refractivity contribution in [2.45, 2.75) is 19.8 Å². The van der Waals surface area contributed by atoms with Crippen LogP contribution in [-0.2, 0) is 6.54 Å². The van der Waals surface area contributed by atoms with Crippen molar-refractivity contribution in [1.29, 1.82) is 0 Å². The molecule has 0 fully saturated rings. The Morgan fingerprint density at radius 3 is 2.57 bits per heavy atom. The molecule has 146 valence electrons. The lowest BCUT2D eigenvalue weighted by atomic mass is 10.2. The van der Waals surface area contributed by atoms with Gasteiger partial charge in [-0.1, -0.05) is 18.2 Å². The van der Waals surface area contributed by atoms with Crippen LogP contribution >= 0.6 is 11.3 Å². The van der Waals surface area contributed by atoms with Gasteiger partial charge in [-0.05, 0) is 36.8 Å². The average molecular weight is 408 g/mol. The summed E-state index contributed by atoms with van der Waals surface area (Å²) in [5.74, 6) is -0.0813. The molecule has 0 spiro atoms. The van der Waals surface area contributed by atoms with Gasteiger partial charge in [-0.3, -0.25) is 4.79 Å². The molecule has 0 aliphatic carbocycles. The van der Waals surface area contributed by atoms with Gasteiger partial charge in [0.25, 0.3) is 5.91 Å². The van der Waals surface area contributed by atoms with E-state index in [0.717, 1.165) is 5.69 Å². The summed E-state index contributed by atoms with van der Waals surface area (Å²) in [5.41, 5.74) is 1.71. The van der Waals surface area contributed by atoms with E-state index in [9.17, 15) is 18.0 Å². The van der Waals surface area contributed by atoms with E-state index in [4.69, 9.17) is 0 Å². The topological polar surface area (TPSA) is 76.1 Å². The number of benzene rings is 1. The van der Waals surface area contributed by atoms with Crippen LogP contribution in [0.5, 0.6) is 5.75 Å². The Bertz CT molecular complexity index is 958. The summed E-state index contributed by atoms with van der Waals surface area (Å²) < 4.78 is 40.2. The van der Waals surface area contributed by atoms with Crippen molar-refractivity contribution in [3.05, 3.63) is 64.8 Å². The summed E-state index contributed by atoms with van der Waals surface area (Å²) in [5, 5.41) is 7.83. The molecule has 3 rings (SSSR count). The third kappa shape index (κ3) is 5.68. The second kappa shape index (κ2) is 8.26. The van der Waals surface area contributed by atoms with E-state index in [1.807, 2.05) is 19.1 Å². The maximum absolute atomic E-state index is 12.2. The number of rotatable bonds is 6. The van der Waals surface area contributed by atoms with Crippen LogP contribution in [0.25, 0.3) is 0 Å². The van der Waals surface area contributed by atoms with Gasteiger partial charge in [-0.2, -0.15) is 0 Å². The highest BCUT2D eigenvalue weighted by Crippen LogP contribution is 2.23. The number of ether oxygens (including phenoxy) is 1. The smallest absolute Gasteiger partial charge is 0.406 e. The van der Waals surface area contributed by atoms with E-state index < -0.39 is 12.3 Å². The maximum atomic E-state index is 12.2. The first-order valence-electron chi connectivity index (χ1n) is 8.07. The molecule has 0 radical (unpaired) electrons. The summed E-state index contributed by atoms with van der Waals surface area (Å²) in [7, 11) is 0. The second-order valence-electron chi connectivity index (χ2n) is 5.70. The molecule has 0 atom stereocenters. The van der Waals surface area contributed by atoms with Crippen LogP contribution < -0.4 is 15.4 Å². The highest BCUT2D eigenvalue weighted by Gasteiger charge is 2.30. The first-order valence-corrected chi connectivity index (χ1v) is 8.95. The number of halogens is 3. The Hall–Kier alpha value is -3.14. The Morgan fingerprint density at radius 2 is 1.89 bits per heavy atom. The molecule has 28 heavy (non-hydrogen) atoms. The number of hydrogen-bond acceptors (Lipinski definition) is 6. The number of carbonyl (C=O) groups excluding carboxylic acids is 1. The van der Waals surface area contributed by atoms with Crippen LogP contribution in [0, 0.1) is 6.92 Å². The highest BCUT2D eigenvalue weighted by atomic mass is 32.1. The quantitative estimate of drug-likeness (QED) is 0.632. The number of aryl methyl sites for hydroxylation is 1. The number of thiazole rings is 1. The summed E-state index contributed by atoms with van der Waals surface area (Å²) in [6.45, 7) is 2.01. The van der Waals surface area contributed by atoms with Crippen molar-refractivity contribution < 1.29 is 22.7 Å². The molecule has 1 amide bonds. The lowest BCUT2D eigenvalue weighted by Gasteiger charge is -2.09. The summed E-state index contributed by atoms with van der Waals surface area (Å²) in [4.78, 5) is 20.7. The maximum Gasteiger partial charge on any atom is 0.573 e. The first-order chi connectivity index (χ1) is 13.3. The van der Waals surface area contributed by atoms with E-state index in [2.05, 4.69) is 25.3 Å². The Balaban J connectivity index is 1.54. The first kappa shape index (κ1) is 19.6. The van der Waals surface area contributed by atoms with E-state index in [0.29, 0.717) is 16.5 Å². The number of pyridine rings is 1. The van der Waals surface area contributed by atoms with Crippen LogP contribution in [0.1, 0.15) is 21.7 Å². The molecule has 2 heterocycles. The van der Waals surface area contributed by atoms with Gasteiger partial charge in [0.1, 0.15) is 17.3 Å². The van der Waals surface area contributed by atoms with Gasteiger partial charge in [-0.15, -0.1) is 24.5 Å². The zero-order valence-electron chi connectivity index (χ0n) is 14.6. The molecule has 0 unspecified atom stereocenters. The normalized spacial score (nSPS) is 11.1. The Morgan fingerprint density at radius 1 is 1.14 bits per heavy atom. The van der Waals surface area contributed by atoms with Gasteiger partial charge in [0.2, 0.25) is 0 Å². The molecule has 0 bridgehead atoms. The average Bonchev–Trinajstić information content (AvgIpc) is 3.08. The SMILES string of the molecule is Cc1cccc(Nc2nc(C(=O)NCc3ccc(OC(F)(F)F)cc3)cs2)n1. The molecular weight excluding hydrogens is 393 g/mol. The molecule has 0 saturated heterocycles. The van der Waals surface area contributed by atoms with E-state index in [1.54, 1.807) is 11.4 Å². The zero-order valence-corrected chi connectivity index (χ0v) is 15.4. The van der Waals surface area contributed by atoms with Crippen molar-refractivity contribution in [2.24, 2.45) is 0 Å². The number of carbonyl (C=O) groups is 1. The molecule has 0 aliphatic heterocycles. The van der Waals surface area contributed by atoms with Crippen molar-refractivity contribution >= 4 is 28.2 Å². The van der Waals surface area contributed by atoms with Gasteiger partial charge in [0, 0.05) is 17.6 Å². The van der Waals surface area contributed by atoms with Gasteiger partial charge >= 0.3 is 6.36 Å². The van der Waals surface area contributed by atoms with E-state index in [-0.39, 0.29) is 18.0 Å². The predicted octanol–water partition coefficient (Wildman–Crippen LogP) is 4.42. The van der Waals surface area contributed by atoms with Gasteiger partial charge < -0.3 is 15.4 Å². The fourth-order valence-corrected chi connectivity index (χ4v) is 2.94. The number of amides is 1. The standard InChI is InChI=1S/C18H15F3N4O2S/c1-11-3-2-4-15(23-11)25-17-24-14(10-28-17)16(26)22-9-12-5-7-13(8-6-12)27-18(19,20)21/h2-8,10H,9H2,1H3,(H,22,26)(H,23,24,25). The van der Waals surface area contributed by atoms with Crippen molar-refractivity contribution in [3.63, 3.8) is 0 Å². The molecule has 0 saturated carbocycles. The minimum atomic E-state index is -4.74. The number of hydrogen-bond donors (Lipinski definition) is 2. The predicted molar refractivity (Wildman–Crippen MR) is 98.7 cm³/mol. The van der Waals surface area contributed by atoms with Crippen LogP contribution in [0.2, 0.25) is 0 Å². The van der Waals surface area contributed by atoms with Crippen LogP contribution in [0.3, 0.4) is 0 Å². The molecule has 0 aliphatic rings. The summed E-state index contributed by atoms with van der Waals surface area (Å²) >= 11 is 1.26. The van der Waals surface area contributed by atoms with Crippen LogP contribution in [-0.4, -0.2) is 22.2 Å². The Labute approximate surface area is 162 Å². The molecule has 1 aromatic carbocycles. The third-order valence-electron chi connectivity index (χ3n) is 3.47. The highest BCUT2D eigenvalue weighted by molar-refractivity contribution is 7.14. The number of nitrogens with zero attached hydrogens (tertiary/aromatic N) is 2. The van der Waals surface area contributed by atoms with Gasteiger partial charge in [0.15, 0.2) is 5.13 Å². The van der Waals surface area contributed by atoms with Crippen LogP contribution in [0.15, 0.2) is 47.8 Å². The summed E-state index contributed by atoms with van der Waals surface area (Å²) in [6.07, 6.45) is -4.74. The lowest BCUT2D eigenvalue weighted by molar-refractivity contribution is -0.274. The monoisotopic (exact) mass is 408 g/mol. The molecular formula is C18H15F3N4O2S. The van der Waals surface area contributed by atoms with Gasteiger partial charge in [-0.25, -0.2) is 9.97 Å². The molecule has 10 heteroatoms. The summed E-state index contributed by atoms with van der Waals surface area (Å²) in [6, 6.07) is 10.8. The number of anilines is 2. The Kier molecular flexibility index (Phi) is 5.78. The van der Waals surface area contributed by atoms with Gasteiger partial charge in [0.05, 0.1) is 0 Å². The largest absolute Gasteiger partial charge is 0.573 e. The van der Waals surface area contributed by atoms with E-state index in [1.165, 1.54) is 35.6 Å². The van der Waals surface area contributed by atoms with E-state index >= 15 is 0 Å². The number of alkyl halides is 3. The molecule has 6 nitrogen and oxygen atoms in total. The van der Waals surface area contributed by atoms with Crippen LogP contribution in [0.4, 0.5) is 24.1 Å². The number of aromatic nitrogens is 2. The lowest BCUT2D eigenvalue weighted by Crippen LogP contribution is -2.23.